The monoisotopic (exact) mass is 454 g/mol. The minimum absolute atomic E-state index is 0. The Balaban J connectivity index is 0.00000288. The molecule has 0 aromatic rings. The minimum Gasteiger partial charge on any atom is -0.393 e. The molecule has 2 rings (SSSR count). The van der Waals surface area contributed by atoms with Crippen molar-refractivity contribution in [2.24, 2.45) is 4.99 Å². The third-order valence-electron chi connectivity index (χ3n) is 4.72. The fourth-order valence-electron chi connectivity index (χ4n) is 3.20. The molecule has 7 heteroatoms. The van der Waals surface area contributed by atoms with Crippen molar-refractivity contribution < 1.29 is 9.84 Å². The summed E-state index contributed by atoms with van der Waals surface area (Å²) in [5.74, 6) is 0.887. The van der Waals surface area contributed by atoms with Crippen LogP contribution in [-0.4, -0.2) is 73.5 Å². The Bertz CT molecular complexity index is 368. The lowest BCUT2D eigenvalue weighted by Crippen LogP contribution is -2.41. The maximum Gasteiger partial charge on any atom is 0.191 e. The molecule has 0 aromatic carbocycles. The van der Waals surface area contributed by atoms with Gasteiger partial charge in [0.2, 0.25) is 0 Å². The summed E-state index contributed by atoms with van der Waals surface area (Å²) in [6.07, 6.45) is 5.06. The van der Waals surface area contributed by atoms with Crippen molar-refractivity contribution in [1.29, 1.82) is 0 Å². The van der Waals surface area contributed by atoms with Gasteiger partial charge in [-0.3, -0.25) is 4.99 Å². The molecular formula is C17H35IN4O2. The summed E-state index contributed by atoms with van der Waals surface area (Å²) in [5.41, 5.74) is -0.0863. The van der Waals surface area contributed by atoms with E-state index in [2.05, 4.69) is 34.4 Å². The highest BCUT2D eigenvalue weighted by Gasteiger charge is 2.29. The van der Waals surface area contributed by atoms with Gasteiger partial charge in [0.05, 0.1) is 18.2 Å². The van der Waals surface area contributed by atoms with E-state index in [0.29, 0.717) is 6.54 Å². The Morgan fingerprint density at radius 3 is 2.71 bits per heavy atom. The first-order chi connectivity index (χ1) is 11.1. The number of guanidine groups is 1. The van der Waals surface area contributed by atoms with Crippen molar-refractivity contribution in [2.45, 2.75) is 57.7 Å². The van der Waals surface area contributed by atoms with Gasteiger partial charge in [0, 0.05) is 32.8 Å². The predicted molar refractivity (Wildman–Crippen MR) is 109 cm³/mol. The third-order valence-corrected chi connectivity index (χ3v) is 4.72. The van der Waals surface area contributed by atoms with Crippen LogP contribution >= 0.6 is 24.0 Å². The smallest absolute Gasteiger partial charge is 0.191 e. The van der Waals surface area contributed by atoms with Crippen LogP contribution in [0.25, 0.3) is 0 Å². The highest BCUT2D eigenvalue weighted by molar-refractivity contribution is 14.0. The molecule has 0 bridgehead atoms. The van der Waals surface area contributed by atoms with Crippen molar-refractivity contribution in [1.82, 2.24) is 15.5 Å². The lowest BCUT2D eigenvalue weighted by molar-refractivity contribution is 0.0283. The first-order valence-electron chi connectivity index (χ1n) is 9.18. The number of hydrogen-bond acceptors (Lipinski definition) is 4. The maximum absolute atomic E-state index is 9.53. The molecule has 0 amide bonds. The van der Waals surface area contributed by atoms with E-state index >= 15 is 0 Å². The Kier molecular flexibility index (Phi) is 10.5. The third kappa shape index (κ3) is 7.84. The van der Waals surface area contributed by atoms with E-state index in [1.165, 1.54) is 0 Å². The maximum atomic E-state index is 9.53. The highest BCUT2D eigenvalue weighted by atomic mass is 127. The van der Waals surface area contributed by atoms with E-state index in [9.17, 15) is 5.11 Å². The average molecular weight is 454 g/mol. The van der Waals surface area contributed by atoms with Crippen LogP contribution in [0.15, 0.2) is 4.99 Å². The molecule has 2 fully saturated rings. The normalized spacial score (nSPS) is 26.2. The molecule has 2 aliphatic rings. The highest BCUT2D eigenvalue weighted by Crippen LogP contribution is 2.24. The number of aliphatic imine (C=N–C) groups is 1. The number of aliphatic hydroxyl groups excluding tert-OH is 1. The second-order valence-electron chi connectivity index (χ2n) is 6.95. The van der Waals surface area contributed by atoms with Gasteiger partial charge >= 0.3 is 0 Å². The number of piperidine rings is 1. The zero-order valence-corrected chi connectivity index (χ0v) is 17.6. The Labute approximate surface area is 163 Å². The van der Waals surface area contributed by atoms with Crippen LogP contribution in [0.4, 0.5) is 0 Å². The minimum atomic E-state index is -0.0870. The van der Waals surface area contributed by atoms with Gasteiger partial charge in [0.25, 0.3) is 0 Å². The van der Waals surface area contributed by atoms with E-state index in [-0.39, 0.29) is 35.7 Å². The summed E-state index contributed by atoms with van der Waals surface area (Å²) >= 11 is 0. The number of ether oxygens (including phenoxy) is 1. The summed E-state index contributed by atoms with van der Waals surface area (Å²) in [6, 6.07) is 0. The molecule has 24 heavy (non-hydrogen) atoms. The number of aliphatic hydroxyl groups is 1. The van der Waals surface area contributed by atoms with Gasteiger partial charge in [-0.25, -0.2) is 0 Å². The van der Waals surface area contributed by atoms with Crippen LogP contribution in [0.1, 0.15) is 46.0 Å². The van der Waals surface area contributed by atoms with Crippen LogP contribution < -0.4 is 10.6 Å². The molecule has 0 radical (unpaired) electrons. The number of hydrogen-bond donors (Lipinski definition) is 3. The number of rotatable bonds is 7. The van der Waals surface area contributed by atoms with Gasteiger partial charge in [-0.2, -0.15) is 0 Å². The fourth-order valence-corrected chi connectivity index (χ4v) is 3.20. The second kappa shape index (κ2) is 11.5. The molecular weight excluding hydrogens is 419 g/mol. The van der Waals surface area contributed by atoms with E-state index in [4.69, 9.17) is 4.74 Å². The molecule has 142 valence electrons. The summed E-state index contributed by atoms with van der Waals surface area (Å²) in [7, 11) is 0. The summed E-state index contributed by atoms with van der Waals surface area (Å²) in [5, 5.41) is 16.2. The topological polar surface area (TPSA) is 69.1 Å². The summed E-state index contributed by atoms with van der Waals surface area (Å²) < 4.78 is 5.79. The van der Waals surface area contributed by atoms with Crippen molar-refractivity contribution in [3.05, 3.63) is 0 Å². The number of nitrogens with zero attached hydrogens (tertiary/aromatic N) is 2. The first-order valence-corrected chi connectivity index (χ1v) is 9.18. The number of likely N-dealkylation sites (tertiary alicyclic amines) is 1. The van der Waals surface area contributed by atoms with Gasteiger partial charge in [-0.05, 0) is 52.5 Å². The predicted octanol–water partition coefficient (Wildman–Crippen LogP) is 1.58. The SMILES string of the molecule is CCNC(=NCC1(C)CCCO1)NCCCN1CCC(O)CC1.I. The van der Waals surface area contributed by atoms with Crippen molar-refractivity contribution in [3.8, 4) is 0 Å². The van der Waals surface area contributed by atoms with Crippen LogP contribution in [-0.2, 0) is 4.74 Å². The molecule has 2 saturated heterocycles. The molecule has 2 aliphatic heterocycles. The van der Waals surface area contributed by atoms with Gasteiger partial charge < -0.3 is 25.4 Å². The van der Waals surface area contributed by atoms with E-state index in [1.807, 2.05) is 0 Å². The first kappa shape index (κ1) is 21.9. The van der Waals surface area contributed by atoms with E-state index < -0.39 is 0 Å². The summed E-state index contributed by atoms with van der Waals surface area (Å²) in [6.45, 7) is 10.7. The van der Waals surface area contributed by atoms with Crippen LogP contribution in [0.5, 0.6) is 0 Å². The van der Waals surface area contributed by atoms with E-state index in [0.717, 1.165) is 77.4 Å². The Hall–Kier alpha value is -0.120. The largest absolute Gasteiger partial charge is 0.393 e. The zero-order chi connectivity index (χ0) is 16.5. The Morgan fingerprint density at radius 1 is 1.33 bits per heavy atom. The molecule has 0 saturated carbocycles. The van der Waals surface area contributed by atoms with Crippen LogP contribution in [0, 0.1) is 0 Å². The van der Waals surface area contributed by atoms with Gasteiger partial charge in [-0.1, -0.05) is 0 Å². The number of halogens is 1. The lowest BCUT2D eigenvalue weighted by Gasteiger charge is -2.29. The molecule has 0 aliphatic carbocycles. The van der Waals surface area contributed by atoms with Gasteiger partial charge in [-0.15, -0.1) is 24.0 Å². The molecule has 3 N–H and O–H groups in total. The summed E-state index contributed by atoms with van der Waals surface area (Å²) in [4.78, 5) is 7.12. The van der Waals surface area contributed by atoms with E-state index in [1.54, 1.807) is 0 Å². The second-order valence-corrected chi connectivity index (χ2v) is 6.95. The molecule has 2 heterocycles. The van der Waals surface area contributed by atoms with Crippen LogP contribution in [0.2, 0.25) is 0 Å². The molecule has 6 nitrogen and oxygen atoms in total. The molecule has 0 aromatic heterocycles. The standard InChI is InChI=1S/C17H34N4O2.HI/c1-3-18-16(20-14-17(2)8-4-13-23-17)19-9-5-10-21-11-6-15(22)7-12-21;/h15,22H,3-14H2,1-2H3,(H2,18,19,20);1H. The van der Waals surface area contributed by atoms with Crippen molar-refractivity contribution in [3.63, 3.8) is 0 Å². The fraction of sp³-hybridized carbons (Fsp3) is 0.941. The quantitative estimate of drug-likeness (QED) is 0.236. The van der Waals surface area contributed by atoms with Crippen molar-refractivity contribution >= 4 is 29.9 Å². The van der Waals surface area contributed by atoms with Crippen molar-refractivity contribution in [2.75, 3.05) is 45.9 Å². The zero-order valence-electron chi connectivity index (χ0n) is 15.2. The molecule has 1 unspecified atom stereocenters. The van der Waals surface area contributed by atoms with Gasteiger partial charge in [0.1, 0.15) is 0 Å². The molecule has 1 atom stereocenters. The van der Waals surface area contributed by atoms with Gasteiger partial charge in [0.15, 0.2) is 5.96 Å². The average Bonchev–Trinajstić information content (AvgIpc) is 2.98. The number of nitrogens with one attached hydrogen (secondary N) is 2. The van der Waals surface area contributed by atoms with Crippen LogP contribution in [0.3, 0.4) is 0 Å². The lowest BCUT2D eigenvalue weighted by atomic mass is 10.0. The Morgan fingerprint density at radius 2 is 2.08 bits per heavy atom. The molecule has 0 spiro atoms.